The summed E-state index contributed by atoms with van der Waals surface area (Å²) < 4.78 is 5.18. The highest BCUT2D eigenvalue weighted by Crippen LogP contribution is 2.22. The summed E-state index contributed by atoms with van der Waals surface area (Å²) >= 11 is 5.93. The monoisotopic (exact) mass is 313 g/mol. The Hall–Kier alpha value is -1.26. The van der Waals surface area contributed by atoms with Gasteiger partial charge in [-0.3, -0.25) is 4.79 Å². The fraction of sp³-hybridized carbons (Fsp3) is 0.562. The molecule has 0 saturated heterocycles. The average molecular weight is 314 g/mol. The normalized spacial score (nSPS) is 12.3. The lowest BCUT2D eigenvalue weighted by Crippen LogP contribution is -2.30. The lowest BCUT2D eigenvalue weighted by Gasteiger charge is -2.19. The Morgan fingerprint density at radius 2 is 2.14 bits per heavy atom. The van der Waals surface area contributed by atoms with E-state index in [-0.39, 0.29) is 18.4 Å². The molecule has 1 atom stereocenters. The van der Waals surface area contributed by atoms with Crippen molar-refractivity contribution >= 4 is 17.5 Å². The van der Waals surface area contributed by atoms with Crippen molar-refractivity contribution in [2.45, 2.75) is 26.7 Å². The summed E-state index contributed by atoms with van der Waals surface area (Å²) in [4.78, 5) is 12.3. The number of aliphatic hydroxyl groups excluding tert-OH is 1. The predicted octanol–water partition coefficient (Wildman–Crippen LogP) is 3.12. The second kappa shape index (κ2) is 8.90. The Morgan fingerprint density at radius 1 is 1.43 bits per heavy atom. The van der Waals surface area contributed by atoms with E-state index in [0.29, 0.717) is 35.2 Å². The fourth-order valence-electron chi connectivity index (χ4n) is 2.34. The highest BCUT2D eigenvalue weighted by molar-refractivity contribution is 6.31. The number of rotatable bonds is 8. The van der Waals surface area contributed by atoms with Gasteiger partial charge < -0.3 is 15.2 Å². The zero-order valence-corrected chi connectivity index (χ0v) is 13.6. The van der Waals surface area contributed by atoms with Crippen LogP contribution in [0.15, 0.2) is 18.2 Å². The lowest BCUT2D eigenvalue weighted by molar-refractivity contribution is 0.0938. The van der Waals surface area contributed by atoms with Gasteiger partial charge in [0.05, 0.1) is 12.7 Å². The van der Waals surface area contributed by atoms with Crippen LogP contribution < -0.4 is 10.1 Å². The Bertz CT molecular complexity index is 463. The molecule has 0 saturated carbocycles. The van der Waals surface area contributed by atoms with Crippen molar-refractivity contribution in [2.75, 3.05) is 20.3 Å². The van der Waals surface area contributed by atoms with Crippen LogP contribution in [0.25, 0.3) is 0 Å². The van der Waals surface area contributed by atoms with Gasteiger partial charge in [-0.05, 0) is 42.9 Å². The molecule has 0 fully saturated rings. The molecule has 21 heavy (non-hydrogen) atoms. The van der Waals surface area contributed by atoms with E-state index in [1.807, 2.05) is 0 Å². The number of hydrogen-bond acceptors (Lipinski definition) is 3. The first-order valence-electron chi connectivity index (χ1n) is 7.20. The molecule has 0 radical (unpaired) electrons. The maximum absolute atomic E-state index is 12.3. The summed E-state index contributed by atoms with van der Waals surface area (Å²) in [6.45, 7) is 4.93. The molecule has 5 heteroatoms. The molecule has 4 nitrogen and oxygen atoms in total. The molecule has 0 aliphatic carbocycles. The van der Waals surface area contributed by atoms with Gasteiger partial charge in [0, 0.05) is 18.2 Å². The van der Waals surface area contributed by atoms with Crippen molar-refractivity contribution in [3.05, 3.63) is 28.8 Å². The third-order valence-electron chi connectivity index (χ3n) is 3.30. The Labute approximate surface area is 131 Å². The van der Waals surface area contributed by atoms with Crippen LogP contribution in [0.4, 0.5) is 0 Å². The van der Waals surface area contributed by atoms with E-state index in [1.54, 1.807) is 18.2 Å². The minimum Gasteiger partial charge on any atom is -0.496 e. The largest absolute Gasteiger partial charge is 0.496 e. The van der Waals surface area contributed by atoms with Gasteiger partial charge in [0.25, 0.3) is 5.91 Å². The number of methoxy groups -OCH3 is 1. The smallest absolute Gasteiger partial charge is 0.255 e. The summed E-state index contributed by atoms with van der Waals surface area (Å²) in [7, 11) is 1.52. The number of carbonyl (C=O) groups is 1. The van der Waals surface area contributed by atoms with Gasteiger partial charge in [-0.15, -0.1) is 0 Å². The van der Waals surface area contributed by atoms with Crippen LogP contribution in [0.2, 0.25) is 5.02 Å². The molecule has 1 amide bonds. The molecule has 1 aromatic carbocycles. The zero-order chi connectivity index (χ0) is 15.8. The van der Waals surface area contributed by atoms with Crippen molar-refractivity contribution in [1.82, 2.24) is 5.32 Å². The molecule has 0 aromatic heterocycles. The summed E-state index contributed by atoms with van der Waals surface area (Å²) in [5.41, 5.74) is 0.428. The molecule has 1 aromatic rings. The Morgan fingerprint density at radius 3 is 2.71 bits per heavy atom. The Balaban J connectivity index is 2.69. The SMILES string of the molecule is COc1ccc(Cl)cc1C(=O)NCC(CCO)CC(C)C. The highest BCUT2D eigenvalue weighted by Gasteiger charge is 2.16. The van der Waals surface area contributed by atoms with Crippen molar-refractivity contribution in [3.63, 3.8) is 0 Å². The number of nitrogens with one attached hydrogen (secondary N) is 1. The van der Waals surface area contributed by atoms with Crippen molar-refractivity contribution < 1.29 is 14.6 Å². The molecular formula is C16H24ClNO3. The number of halogens is 1. The van der Waals surface area contributed by atoms with E-state index in [0.717, 1.165) is 6.42 Å². The second-order valence-electron chi connectivity index (χ2n) is 5.56. The summed E-state index contributed by atoms with van der Waals surface area (Å²) in [5, 5.41) is 12.5. The molecule has 1 unspecified atom stereocenters. The van der Waals surface area contributed by atoms with Crippen LogP contribution in [0.5, 0.6) is 5.75 Å². The number of aliphatic hydroxyl groups is 1. The number of amides is 1. The van der Waals surface area contributed by atoms with Crippen LogP contribution in [-0.2, 0) is 0 Å². The van der Waals surface area contributed by atoms with Gasteiger partial charge >= 0.3 is 0 Å². The van der Waals surface area contributed by atoms with Crippen LogP contribution in [0.1, 0.15) is 37.0 Å². The van der Waals surface area contributed by atoms with E-state index in [1.165, 1.54) is 7.11 Å². The van der Waals surface area contributed by atoms with Gasteiger partial charge in [-0.2, -0.15) is 0 Å². The van der Waals surface area contributed by atoms with E-state index < -0.39 is 0 Å². The molecule has 0 aliphatic heterocycles. The summed E-state index contributed by atoms with van der Waals surface area (Å²) in [6.07, 6.45) is 1.65. The molecule has 0 spiro atoms. The van der Waals surface area contributed by atoms with E-state index >= 15 is 0 Å². The first-order chi connectivity index (χ1) is 9.97. The second-order valence-corrected chi connectivity index (χ2v) is 6.00. The van der Waals surface area contributed by atoms with Gasteiger partial charge in [-0.1, -0.05) is 25.4 Å². The van der Waals surface area contributed by atoms with Gasteiger partial charge in [-0.25, -0.2) is 0 Å². The quantitative estimate of drug-likeness (QED) is 0.775. The van der Waals surface area contributed by atoms with Crippen LogP contribution >= 0.6 is 11.6 Å². The molecule has 0 heterocycles. The minimum absolute atomic E-state index is 0.133. The molecule has 118 valence electrons. The van der Waals surface area contributed by atoms with Gasteiger partial charge in [0.2, 0.25) is 0 Å². The topological polar surface area (TPSA) is 58.6 Å². The van der Waals surface area contributed by atoms with Crippen molar-refractivity contribution in [2.24, 2.45) is 11.8 Å². The van der Waals surface area contributed by atoms with Crippen LogP contribution in [-0.4, -0.2) is 31.3 Å². The maximum Gasteiger partial charge on any atom is 0.255 e. The third-order valence-corrected chi connectivity index (χ3v) is 3.53. The number of ether oxygens (including phenoxy) is 1. The van der Waals surface area contributed by atoms with Gasteiger partial charge in [0.15, 0.2) is 0 Å². The lowest BCUT2D eigenvalue weighted by atomic mass is 9.94. The van der Waals surface area contributed by atoms with Gasteiger partial charge in [0.1, 0.15) is 5.75 Å². The average Bonchev–Trinajstić information content (AvgIpc) is 2.44. The highest BCUT2D eigenvalue weighted by atomic mass is 35.5. The van der Waals surface area contributed by atoms with E-state index in [9.17, 15) is 4.79 Å². The number of hydrogen-bond donors (Lipinski definition) is 2. The zero-order valence-electron chi connectivity index (χ0n) is 12.9. The van der Waals surface area contributed by atoms with Crippen molar-refractivity contribution in [1.29, 1.82) is 0 Å². The standard InChI is InChI=1S/C16H24ClNO3/c1-11(2)8-12(6-7-19)10-18-16(20)14-9-13(17)4-5-15(14)21-3/h4-5,9,11-12,19H,6-8,10H2,1-3H3,(H,18,20). The van der Waals surface area contributed by atoms with Crippen LogP contribution in [0.3, 0.4) is 0 Å². The first kappa shape index (κ1) is 17.8. The summed E-state index contributed by atoms with van der Waals surface area (Å²) in [6, 6.07) is 4.96. The van der Waals surface area contributed by atoms with Crippen molar-refractivity contribution in [3.8, 4) is 5.75 Å². The maximum atomic E-state index is 12.3. The third kappa shape index (κ3) is 5.94. The number of benzene rings is 1. The number of carbonyl (C=O) groups excluding carboxylic acids is 1. The van der Waals surface area contributed by atoms with Crippen LogP contribution in [0, 0.1) is 11.8 Å². The molecule has 1 rings (SSSR count). The van der Waals surface area contributed by atoms with E-state index in [2.05, 4.69) is 19.2 Å². The minimum atomic E-state index is -0.207. The molecule has 2 N–H and O–H groups in total. The molecular weight excluding hydrogens is 290 g/mol. The van der Waals surface area contributed by atoms with E-state index in [4.69, 9.17) is 21.4 Å². The Kier molecular flexibility index (Phi) is 7.54. The molecule has 0 bridgehead atoms. The fourth-order valence-corrected chi connectivity index (χ4v) is 2.51. The predicted molar refractivity (Wildman–Crippen MR) is 85.0 cm³/mol. The molecule has 0 aliphatic rings. The summed E-state index contributed by atoms with van der Waals surface area (Å²) in [5.74, 6) is 1.09. The first-order valence-corrected chi connectivity index (χ1v) is 7.58.